The van der Waals surface area contributed by atoms with Crippen LogP contribution in [0.4, 0.5) is 0 Å². The van der Waals surface area contributed by atoms with Crippen LogP contribution >= 0.6 is 11.3 Å². The molecule has 0 aliphatic heterocycles. The molecular formula is C14H26N4S. The second kappa shape index (κ2) is 9.78. The molecule has 0 saturated carbocycles. The summed E-state index contributed by atoms with van der Waals surface area (Å²) in [5.41, 5.74) is 0. The molecule has 0 fully saturated rings. The molecule has 0 bridgehead atoms. The normalized spacial score (nSPS) is 11.6. The van der Waals surface area contributed by atoms with Crippen LogP contribution in [0.25, 0.3) is 0 Å². The number of aliphatic imine (C=N–C) groups is 1. The molecule has 1 rings (SSSR count). The van der Waals surface area contributed by atoms with Crippen LogP contribution in [-0.4, -0.2) is 31.1 Å². The van der Waals surface area contributed by atoms with E-state index in [-0.39, 0.29) is 0 Å². The summed E-state index contributed by atoms with van der Waals surface area (Å²) >= 11 is 1.76. The van der Waals surface area contributed by atoms with Crippen LogP contribution in [0.15, 0.2) is 11.2 Å². The molecule has 0 spiro atoms. The molecule has 0 amide bonds. The van der Waals surface area contributed by atoms with E-state index < -0.39 is 0 Å². The number of aryl methyl sites for hydroxylation is 1. The summed E-state index contributed by atoms with van der Waals surface area (Å²) in [4.78, 5) is 9.84. The van der Waals surface area contributed by atoms with Gasteiger partial charge in [-0.25, -0.2) is 4.98 Å². The minimum atomic E-state index is 0.877. The third kappa shape index (κ3) is 7.15. The first-order valence-corrected chi connectivity index (χ1v) is 7.93. The molecule has 1 aromatic rings. The molecule has 1 heterocycles. The lowest BCUT2D eigenvalue weighted by Crippen LogP contribution is -2.38. The number of guanidine groups is 1. The quantitative estimate of drug-likeness (QED) is 0.438. The van der Waals surface area contributed by atoms with E-state index >= 15 is 0 Å². The Hall–Kier alpha value is -1.10. The summed E-state index contributed by atoms with van der Waals surface area (Å²) in [5, 5.41) is 7.85. The number of aromatic nitrogens is 1. The monoisotopic (exact) mass is 282 g/mol. The van der Waals surface area contributed by atoms with Crippen molar-refractivity contribution in [1.82, 2.24) is 15.6 Å². The summed E-state index contributed by atoms with van der Waals surface area (Å²) in [5.74, 6) is 0.893. The van der Waals surface area contributed by atoms with Crippen molar-refractivity contribution in [2.24, 2.45) is 4.99 Å². The predicted octanol–water partition coefficient (Wildman–Crippen LogP) is 2.74. The van der Waals surface area contributed by atoms with Crippen LogP contribution in [0, 0.1) is 6.92 Å². The molecule has 4 nitrogen and oxygen atoms in total. The van der Waals surface area contributed by atoms with Gasteiger partial charge in [0.05, 0.1) is 5.01 Å². The van der Waals surface area contributed by atoms with Crippen LogP contribution in [-0.2, 0) is 6.42 Å². The molecule has 1 aromatic heterocycles. The first-order chi connectivity index (χ1) is 9.26. The van der Waals surface area contributed by atoms with Gasteiger partial charge >= 0.3 is 0 Å². The number of nitrogens with one attached hydrogen (secondary N) is 2. The maximum Gasteiger partial charge on any atom is 0.190 e. The number of thiazole rings is 1. The van der Waals surface area contributed by atoms with E-state index in [0.717, 1.165) is 25.5 Å². The van der Waals surface area contributed by atoms with Crippen molar-refractivity contribution in [3.63, 3.8) is 0 Å². The molecule has 0 atom stereocenters. The van der Waals surface area contributed by atoms with Gasteiger partial charge in [-0.2, -0.15) is 0 Å². The molecule has 0 aromatic carbocycles. The average molecular weight is 282 g/mol. The summed E-state index contributed by atoms with van der Waals surface area (Å²) in [6.07, 6.45) is 7.98. The smallest absolute Gasteiger partial charge is 0.190 e. The van der Waals surface area contributed by atoms with Gasteiger partial charge in [-0.05, 0) is 13.3 Å². The second-order valence-corrected chi connectivity index (χ2v) is 5.92. The van der Waals surface area contributed by atoms with Crippen molar-refractivity contribution >= 4 is 17.3 Å². The maximum absolute atomic E-state index is 4.35. The molecule has 5 heteroatoms. The van der Waals surface area contributed by atoms with Crippen molar-refractivity contribution in [3.8, 4) is 0 Å². The van der Waals surface area contributed by atoms with Crippen molar-refractivity contribution in [2.75, 3.05) is 20.1 Å². The minimum absolute atomic E-state index is 0.877. The van der Waals surface area contributed by atoms with E-state index in [1.54, 1.807) is 11.3 Å². The highest BCUT2D eigenvalue weighted by molar-refractivity contribution is 7.11. The summed E-state index contributed by atoms with van der Waals surface area (Å²) in [6.45, 7) is 6.19. The van der Waals surface area contributed by atoms with Crippen LogP contribution in [0.3, 0.4) is 0 Å². The predicted molar refractivity (Wildman–Crippen MR) is 84.1 cm³/mol. The molecule has 19 heavy (non-hydrogen) atoms. The van der Waals surface area contributed by atoms with Gasteiger partial charge in [0.15, 0.2) is 5.96 Å². The van der Waals surface area contributed by atoms with Gasteiger partial charge < -0.3 is 10.6 Å². The third-order valence-corrected chi connectivity index (χ3v) is 3.82. The number of rotatable bonds is 8. The van der Waals surface area contributed by atoms with Gasteiger partial charge in [-0.3, -0.25) is 4.99 Å². The lowest BCUT2D eigenvalue weighted by molar-refractivity contribution is 0.647. The first-order valence-electron chi connectivity index (χ1n) is 7.12. The van der Waals surface area contributed by atoms with E-state index in [1.807, 2.05) is 13.2 Å². The molecule has 108 valence electrons. The number of nitrogens with zero attached hydrogens (tertiary/aromatic N) is 2. The molecule has 0 aliphatic carbocycles. The zero-order valence-corrected chi connectivity index (χ0v) is 13.1. The number of hydrogen-bond donors (Lipinski definition) is 2. The van der Waals surface area contributed by atoms with Crippen molar-refractivity contribution < 1.29 is 0 Å². The average Bonchev–Trinajstić information content (AvgIpc) is 2.82. The Morgan fingerprint density at radius 3 is 2.68 bits per heavy atom. The summed E-state index contributed by atoms with van der Waals surface area (Å²) < 4.78 is 0. The fraction of sp³-hybridized carbons (Fsp3) is 0.714. The fourth-order valence-electron chi connectivity index (χ4n) is 1.78. The Kier molecular flexibility index (Phi) is 8.21. The lowest BCUT2D eigenvalue weighted by atomic mass is 10.2. The topological polar surface area (TPSA) is 49.3 Å². The minimum Gasteiger partial charge on any atom is -0.356 e. The first kappa shape index (κ1) is 16.0. The van der Waals surface area contributed by atoms with E-state index in [2.05, 4.69) is 34.5 Å². The van der Waals surface area contributed by atoms with Crippen LogP contribution < -0.4 is 10.6 Å². The van der Waals surface area contributed by atoms with Gasteiger partial charge in [0, 0.05) is 37.6 Å². The standard InChI is InChI=1S/C14H26N4S/c1-4-5-6-7-9-16-14(15-3)17-10-8-13-18-11-12(2)19-13/h11H,4-10H2,1-3H3,(H2,15,16,17). The highest BCUT2D eigenvalue weighted by Gasteiger charge is 2.00. The second-order valence-electron chi connectivity index (χ2n) is 4.60. The highest BCUT2D eigenvalue weighted by Crippen LogP contribution is 2.10. The Labute approximate surface area is 120 Å². The van der Waals surface area contributed by atoms with Crippen LogP contribution in [0.1, 0.15) is 42.5 Å². The Balaban J connectivity index is 2.11. The third-order valence-electron chi connectivity index (χ3n) is 2.85. The van der Waals surface area contributed by atoms with Gasteiger partial charge in [0.25, 0.3) is 0 Å². The zero-order valence-electron chi connectivity index (χ0n) is 12.3. The van der Waals surface area contributed by atoms with Crippen molar-refractivity contribution in [3.05, 3.63) is 16.1 Å². The van der Waals surface area contributed by atoms with E-state index in [1.165, 1.54) is 35.6 Å². The number of unbranched alkanes of at least 4 members (excludes halogenated alkanes) is 3. The fourth-order valence-corrected chi connectivity index (χ4v) is 2.57. The molecule has 0 radical (unpaired) electrons. The summed E-state index contributed by atoms with van der Waals surface area (Å²) in [7, 11) is 1.81. The number of hydrogen-bond acceptors (Lipinski definition) is 3. The van der Waals surface area contributed by atoms with E-state index in [4.69, 9.17) is 0 Å². The molecule has 0 unspecified atom stereocenters. The Morgan fingerprint density at radius 1 is 1.26 bits per heavy atom. The largest absolute Gasteiger partial charge is 0.356 e. The lowest BCUT2D eigenvalue weighted by Gasteiger charge is -2.11. The molecule has 0 aliphatic rings. The molecular weight excluding hydrogens is 256 g/mol. The zero-order chi connectivity index (χ0) is 13.9. The molecule has 0 saturated heterocycles. The summed E-state index contributed by atoms with van der Waals surface area (Å²) in [6, 6.07) is 0. The Morgan fingerprint density at radius 2 is 2.05 bits per heavy atom. The van der Waals surface area contributed by atoms with Crippen LogP contribution in [0.2, 0.25) is 0 Å². The van der Waals surface area contributed by atoms with Gasteiger partial charge in [-0.1, -0.05) is 26.2 Å². The van der Waals surface area contributed by atoms with E-state index in [9.17, 15) is 0 Å². The highest BCUT2D eigenvalue weighted by atomic mass is 32.1. The van der Waals surface area contributed by atoms with Crippen molar-refractivity contribution in [1.29, 1.82) is 0 Å². The van der Waals surface area contributed by atoms with Gasteiger partial charge in [0.2, 0.25) is 0 Å². The van der Waals surface area contributed by atoms with Crippen LogP contribution in [0.5, 0.6) is 0 Å². The van der Waals surface area contributed by atoms with Gasteiger partial charge in [0.1, 0.15) is 0 Å². The molecule has 2 N–H and O–H groups in total. The van der Waals surface area contributed by atoms with Gasteiger partial charge in [-0.15, -0.1) is 11.3 Å². The SMILES string of the molecule is CCCCCCNC(=NC)NCCc1ncc(C)s1. The van der Waals surface area contributed by atoms with E-state index in [0.29, 0.717) is 0 Å². The Bertz CT molecular complexity index is 373. The van der Waals surface area contributed by atoms with Crippen molar-refractivity contribution in [2.45, 2.75) is 46.0 Å². The maximum atomic E-state index is 4.35.